The zero-order valence-corrected chi connectivity index (χ0v) is 7.96. The summed E-state index contributed by atoms with van der Waals surface area (Å²) >= 11 is 3.90. The van der Waals surface area contributed by atoms with Crippen LogP contribution in [0.25, 0.3) is 0 Å². The molecule has 0 aliphatic heterocycles. The van der Waals surface area contributed by atoms with Crippen molar-refractivity contribution in [3.8, 4) is 0 Å². The van der Waals surface area contributed by atoms with Gasteiger partial charge in [-0.1, -0.05) is 0 Å². The first-order valence-corrected chi connectivity index (χ1v) is 4.50. The van der Waals surface area contributed by atoms with Crippen molar-refractivity contribution in [1.29, 1.82) is 0 Å². The Balaban J connectivity index is 3.80. The van der Waals surface area contributed by atoms with E-state index in [2.05, 4.69) is 17.9 Å². The summed E-state index contributed by atoms with van der Waals surface area (Å²) in [6.07, 6.45) is -0.0466. The Labute approximate surface area is 81.5 Å². The van der Waals surface area contributed by atoms with Gasteiger partial charge in [0.2, 0.25) is 0 Å². The lowest BCUT2D eigenvalue weighted by atomic mass is 10.1. The van der Waals surface area contributed by atoms with Gasteiger partial charge < -0.3 is 15.5 Å². The lowest BCUT2D eigenvalue weighted by Crippen LogP contribution is -2.38. The van der Waals surface area contributed by atoms with E-state index in [4.69, 9.17) is 10.2 Å². The van der Waals surface area contributed by atoms with Crippen LogP contribution in [0.2, 0.25) is 0 Å². The third-order valence-electron chi connectivity index (χ3n) is 1.45. The molecule has 0 aliphatic carbocycles. The fourth-order valence-corrected chi connectivity index (χ4v) is 0.949. The molecule has 76 valence electrons. The summed E-state index contributed by atoms with van der Waals surface area (Å²) in [4.78, 5) is 20.7. The van der Waals surface area contributed by atoms with Crippen molar-refractivity contribution in [1.82, 2.24) is 5.32 Å². The van der Waals surface area contributed by atoms with Crippen molar-refractivity contribution < 1.29 is 19.8 Å². The molecule has 0 aromatic rings. The number of aliphatic carboxylic acids is 2. The first-order chi connectivity index (χ1) is 6.07. The maximum absolute atomic E-state index is 10.5. The van der Waals surface area contributed by atoms with Gasteiger partial charge in [-0.15, -0.1) is 0 Å². The van der Waals surface area contributed by atoms with Crippen molar-refractivity contribution in [2.45, 2.75) is 18.9 Å². The number of carbonyl (C=O) groups is 2. The summed E-state index contributed by atoms with van der Waals surface area (Å²) in [6.45, 7) is 0.458. The van der Waals surface area contributed by atoms with Crippen LogP contribution in [0.4, 0.5) is 0 Å². The van der Waals surface area contributed by atoms with E-state index in [1.807, 2.05) is 0 Å². The van der Waals surface area contributed by atoms with E-state index in [0.717, 1.165) is 0 Å². The van der Waals surface area contributed by atoms with Gasteiger partial charge in [-0.2, -0.15) is 12.6 Å². The molecule has 5 nitrogen and oxygen atoms in total. The van der Waals surface area contributed by atoms with E-state index in [1.54, 1.807) is 0 Å². The third kappa shape index (κ3) is 6.41. The van der Waals surface area contributed by atoms with E-state index in [0.29, 0.717) is 12.3 Å². The van der Waals surface area contributed by atoms with Gasteiger partial charge in [0.25, 0.3) is 0 Å². The topological polar surface area (TPSA) is 86.6 Å². The van der Waals surface area contributed by atoms with E-state index >= 15 is 0 Å². The number of thiol groups is 1. The smallest absolute Gasteiger partial charge is 0.320 e. The fraction of sp³-hybridized carbons (Fsp3) is 0.714. The number of nitrogens with one attached hydrogen (secondary N) is 1. The SMILES string of the molecule is O=C(O)CCC(NCCS)C(=O)O. The Kier molecular flexibility index (Phi) is 6.34. The Bertz CT molecular complexity index is 185. The van der Waals surface area contributed by atoms with Gasteiger partial charge >= 0.3 is 11.9 Å². The number of rotatable bonds is 7. The summed E-state index contributed by atoms with van der Waals surface area (Å²) in [5, 5.41) is 19.7. The molecular formula is C7H13NO4S. The minimum Gasteiger partial charge on any atom is -0.481 e. The number of hydrogen-bond donors (Lipinski definition) is 4. The second-order valence-corrected chi connectivity index (χ2v) is 2.95. The molecule has 3 N–H and O–H groups in total. The lowest BCUT2D eigenvalue weighted by Gasteiger charge is -2.11. The van der Waals surface area contributed by atoms with Gasteiger partial charge in [-0.05, 0) is 6.42 Å². The van der Waals surface area contributed by atoms with Gasteiger partial charge in [-0.3, -0.25) is 9.59 Å². The minimum absolute atomic E-state index is 0.0957. The van der Waals surface area contributed by atoms with Crippen LogP contribution < -0.4 is 5.32 Å². The van der Waals surface area contributed by atoms with E-state index < -0.39 is 18.0 Å². The normalized spacial score (nSPS) is 12.4. The van der Waals surface area contributed by atoms with Gasteiger partial charge in [0.05, 0.1) is 0 Å². The molecule has 0 fully saturated rings. The first kappa shape index (κ1) is 12.2. The maximum atomic E-state index is 10.5. The molecule has 0 radical (unpaired) electrons. The summed E-state index contributed by atoms with van der Waals surface area (Å²) in [5.74, 6) is -1.49. The highest BCUT2D eigenvalue weighted by atomic mass is 32.1. The van der Waals surface area contributed by atoms with E-state index in [1.165, 1.54) is 0 Å². The van der Waals surface area contributed by atoms with Crippen molar-refractivity contribution >= 4 is 24.6 Å². The van der Waals surface area contributed by atoms with Crippen LogP contribution in [0.15, 0.2) is 0 Å². The average molecular weight is 207 g/mol. The van der Waals surface area contributed by atoms with Crippen molar-refractivity contribution in [3.05, 3.63) is 0 Å². The highest BCUT2D eigenvalue weighted by Crippen LogP contribution is 1.97. The minimum atomic E-state index is -1.02. The molecule has 1 atom stereocenters. The van der Waals surface area contributed by atoms with E-state index in [-0.39, 0.29) is 12.8 Å². The molecule has 0 bridgehead atoms. The van der Waals surface area contributed by atoms with Crippen LogP contribution >= 0.6 is 12.6 Å². The zero-order valence-electron chi connectivity index (χ0n) is 7.06. The predicted octanol–water partition coefficient (Wildman–Crippen LogP) is -0.176. The summed E-state index contributed by atoms with van der Waals surface area (Å²) < 4.78 is 0. The molecule has 0 rings (SSSR count). The van der Waals surface area contributed by atoms with Gasteiger partial charge in [0.15, 0.2) is 0 Å². The van der Waals surface area contributed by atoms with Gasteiger partial charge in [0, 0.05) is 18.7 Å². The van der Waals surface area contributed by atoms with Crippen LogP contribution in [0.5, 0.6) is 0 Å². The van der Waals surface area contributed by atoms with Crippen LogP contribution in [0, 0.1) is 0 Å². The lowest BCUT2D eigenvalue weighted by molar-refractivity contribution is -0.140. The first-order valence-electron chi connectivity index (χ1n) is 3.86. The molecule has 0 spiro atoms. The van der Waals surface area contributed by atoms with Crippen LogP contribution in [-0.2, 0) is 9.59 Å². The summed E-state index contributed by atoms with van der Waals surface area (Å²) in [6, 6.07) is -0.789. The molecule has 13 heavy (non-hydrogen) atoms. The third-order valence-corrected chi connectivity index (χ3v) is 1.67. The number of hydrogen-bond acceptors (Lipinski definition) is 4. The molecule has 0 aliphatic rings. The van der Waals surface area contributed by atoms with Crippen LogP contribution in [-0.4, -0.2) is 40.5 Å². The van der Waals surface area contributed by atoms with Crippen molar-refractivity contribution in [2.75, 3.05) is 12.3 Å². The molecule has 0 aromatic carbocycles. The van der Waals surface area contributed by atoms with Crippen molar-refractivity contribution in [2.24, 2.45) is 0 Å². The molecule has 0 saturated carbocycles. The highest BCUT2D eigenvalue weighted by Gasteiger charge is 2.16. The largest absolute Gasteiger partial charge is 0.481 e. The standard InChI is InChI=1S/C7H13NO4S/c9-6(10)2-1-5(7(11)12)8-3-4-13/h5,8,13H,1-4H2,(H,9,10)(H,11,12). The average Bonchev–Trinajstić information content (AvgIpc) is 2.03. The summed E-state index contributed by atoms with van der Waals surface area (Å²) in [5.41, 5.74) is 0. The Hall–Kier alpha value is -0.750. The Morgan fingerprint density at radius 1 is 1.38 bits per heavy atom. The quantitative estimate of drug-likeness (QED) is 0.435. The highest BCUT2D eigenvalue weighted by molar-refractivity contribution is 7.80. The predicted molar refractivity (Wildman–Crippen MR) is 50.1 cm³/mol. The number of carboxylic acids is 2. The molecule has 6 heteroatoms. The molecule has 1 unspecified atom stereocenters. The Morgan fingerprint density at radius 3 is 2.38 bits per heavy atom. The van der Waals surface area contributed by atoms with Crippen LogP contribution in [0.1, 0.15) is 12.8 Å². The maximum Gasteiger partial charge on any atom is 0.320 e. The summed E-state index contributed by atoms with van der Waals surface area (Å²) in [7, 11) is 0. The monoisotopic (exact) mass is 207 g/mol. The van der Waals surface area contributed by atoms with Gasteiger partial charge in [-0.25, -0.2) is 0 Å². The molecular weight excluding hydrogens is 194 g/mol. The Morgan fingerprint density at radius 2 is 2.00 bits per heavy atom. The fourth-order valence-electron chi connectivity index (χ4n) is 0.819. The number of carboxylic acid groups (broad SMARTS) is 2. The second kappa shape index (κ2) is 6.73. The molecule has 0 heterocycles. The molecule has 0 aromatic heterocycles. The molecule has 0 amide bonds. The van der Waals surface area contributed by atoms with Gasteiger partial charge in [0.1, 0.15) is 6.04 Å². The van der Waals surface area contributed by atoms with Crippen molar-refractivity contribution in [3.63, 3.8) is 0 Å². The second-order valence-electron chi connectivity index (χ2n) is 2.50. The van der Waals surface area contributed by atoms with Crippen LogP contribution in [0.3, 0.4) is 0 Å². The molecule has 0 saturated heterocycles. The zero-order chi connectivity index (χ0) is 10.3. The van der Waals surface area contributed by atoms with E-state index in [9.17, 15) is 9.59 Å².